The first-order chi connectivity index (χ1) is 20.4. The molecule has 3 aromatic rings. The number of hydrogen-bond donors (Lipinski definition) is 2. The van der Waals surface area contributed by atoms with Crippen molar-refractivity contribution < 1.29 is 28.0 Å². The zero-order valence-electron chi connectivity index (χ0n) is 24.6. The van der Waals surface area contributed by atoms with Crippen LogP contribution in [0.4, 0.5) is 30.8 Å². The third kappa shape index (κ3) is 8.69. The van der Waals surface area contributed by atoms with Crippen LogP contribution >= 0.6 is 0 Å². The molecule has 0 spiro atoms. The van der Waals surface area contributed by atoms with Crippen molar-refractivity contribution in [3.63, 3.8) is 0 Å². The molecule has 0 amide bonds. The van der Waals surface area contributed by atoms with Crippen molar-refractivity contribution >= 4 is 23.3 Å². The van der Waals surface area contributed by atoms with Crippen molar-refractivity contribution in [3.05, 3.63) is 69.7 Å². The van der Waals surface area contributed by atoms with Crippen LogP contribution in [0.5, 0.6) is 5.75 Å². The molecule has 13 heteroatoms. The summed E-state index contributed by atoms with van der Waals surface area (Å²) in [4.78, 5) is 26.8. The van der Waals surface area contributed by atoms with Crippen molar-refractivity contribution in [3.8, 4) is 5.75 Å². The van der Waals surface area contributed by atoms with Crippen LogP contribution in [-0.4, -0.2) is 38.5 Å². The van der Waals surface area contributed by atoms with Crippen molar-refractivity contribution in [1.29, 1.82) is 0 Å². The Hall–Kier alpha value is -4.13. The Morgan fingerprint density at radius 2 is 1.91 bits per heavy atom. The van der Waals surface area contributed by atoms with Crippen molar-refractivity contribution in [2.75, 3.05) is 11.9 Å². The molecule has 1 aliphatic rings. The number of carbonyl (C=O) groups excluding carboxylic acids is 1. The fraction of sp³-hybridized carbons (Fsp3) is 0.500. The monoisotopic (exact) mass is 600 g/mol. The fourth-order valence-corrected chi connectivity index (χ4v) is 5.11. The number of ether oxygens (including phenoxy) is 2. The molecule has 0 unspecified atom stereocenters. The van der Waals surface area contributed by atoms with Crippen LogP contribution in [-0.2, 0) is 16.7 Å². The number of pyridine rings is 1. The molecule has 43 heavy (non-hydrogen) atoms. The Labute approximate surface area is 248 Å². The minimum Gasteiger partial charge on any atom is -0.431 e. The third-order valence-electron chi connectivity index (χ3n) is 7.21. The van der Waals surface area contributed by atoms with Crippen molar-refractivity contribution in [2.24, 2.45) is 5.73 Å². The zero-order valence-corrected chi connectivity index (χ0v) is 24.6. The number of aryl methyl sites for hydroxylation is 1. The Morgan fingerprint density at radius 3 is 2.56 bits per heavy atom. The summed E-state index contributed by atoms with van der Waals surface area (Å²) < 4.78 is 39.9. The molecule has 11 nitrogen and oxygen atoms in total. The molecular formula is C30H38F2N6O5. The van der Waals surface area contributed by atoms with Crippen LogP contribution in [0.3, 0.4) is 0 Å². The van der Waals surface area contributed by atoms with E-state index in [4.69, 9.17) is 20.3 Å². The van der Waals surface area contributed by atoms with Gasteiger partial charge in [-0.3, -0.25) is 15.1 Å². The Morgan fingerprint density at radius 1 is 1.16 bits per heavy atom. The summed E-state index contributed by atoms with van der Waals surface area (Å²) in [5.74, 6) is 0.813. The molecule has 0 saturated heterocycles. The number of nitro groups is 1. The highest BCUT2D eigenvalue weighted by atomic mass is 19.3. The van der Waals surface area contributed by atoms with E-state index < -0.39 is 23.0 Å². The molecule has 2 atom stereocenters. The SMILES string of the molecule is CC(C)(C)n1nc([C@H]2CC[C@@H](OC(=O)Oc3ccc([N+](=O)[O-])cc3)C2)cc1Nc1cc(CCCCCN)nc(C(F)F)c1. The number of nitrogens with one attached hydrogen (secondary N) is 1. The predicted octanol–water partition coefficient (Wildman–Crippen LogP) is 7.15. The molecule has 1 saturated carbocycles. The number of unbranched alkanes of at least 4 members (excludes halogenated alkanes) is 2. The average Bonchev–Trinajstić information content (AvgIpc) is 3.58. The normalized spacial score (nSPS) is 16.8. The molecule has 0 bridgehead atoms. The predicted molar refractivity (Wildman–Crippen MR) is 157 cm³/mol. The molecule has 2 heterocycles. The van der Waals surface area contributed by atoms with E-state index in [1.54, 1.807) is 6.07 Å². The van der Waals surface area contributed by atoms with Gasteiger partial charge in [-0.05, 0) is 90.1 Å². The van der Waals surface area contributed by atoms with E-state index in [2.05, 4.69) is 10.3 Å². The van der Waals surface area contributed by atoms with Gasteiger partial charge in [-0.25, -0.2) is 18.3 Å². The molecule has 4 rings (SSSR count). The first-order valence-corrected chi connectivity index (χ1v) is 14.4. The second-order valence-corrected chi connectivity index (χ2v) is 11.7. The Bertz CT molecular complexity index is 1410. The number of non-ortho nitro benzene ring substituents is 1. The third-order valence-corrected chi connectivity index (χ3v) is 7.21. The van der Waals surface area contributed by atoms with Crippen LogP contribution < -0.4 is 15.8 Å². The van der Waals surface area contributed by atoms with Crippen LogP contribution in [0.1, 0.15) is 88.7 Å². The van der Waals surface area contributed by atoms with Gasteiger partial charge < -0.3 is 20.5 Å². The number of nitrogens with two attached hydrogens (primary N) is 1. The van der Waals surface area contributed by atoms with E-state index in [1.165, 1.54) is 30.3 Å². The van der Waals surface area contributed by atoms with E-state index >= 15 is 0 Å². The second kappa shape index (κ2) is 13.9. The van der Waals surface area contributed by atoms with Gasteiger partial charge in [0.1, 0.15) is 23.4 Å². The molecule has 1 aliphatic carbocycles. The lowest BCUT2D eigenvalue weighted by molar-refractivity contribution is -0.384. The number of alkyl halides is 2. The smallest absolute Gasteiger partial charge is 0.431 e. The summed E-state index contributed by atoms with van der Waals surface area (Å²) in [6.45, 7) is 6.60. The highest BCUT2D eigenvalue weighted by Gasteiger charge is 2.32. The minimum atomic E-state index is -2.70. The van der Waals surface area contributed by atoms with Crippen LogP contribution in [0.15, 0.2) is 42.5 Å². The van der Waals surface area contributed by atoms with Gasteiger partial charge in [0.25, 0.3) is 12.1 Å². The summed E-state index contributed by atoms with van der Waals surface area (Å²) in [7, 11) is 0. The molecule has 3 N–H and O–H groups in total. The molecule has 0 aliphatic heterocycles. The summed E-state index contributed by atoms with van der Waals surface area (Å²) in [5.41, 5.74) is 6.68. The molecule has 1 aromatic carbocycles. The maximum absolute atomic E-state index is 13.7. The lowest BCUT2D eigenvalue weighted by Gasteiger charge is -2.23. The van der Waals surface area contributed by atoms with Gasteiger partial charge in [-0.15, -0.1) is 0 Å². The van der Waals surface area contributed by atoms with Gasteiger partial charge in [-0.2, -0.15) is 5.10 Å². The van der Waals surface area contributed by atoms with Crippen molar-refractivity contribution in [2.45, 2.75) is 89.7 Å². The topological polar surface area (TPSA) is 147 Å². The number of nitrogens with zero attached hydrogens (tertiary/aromatic N) is 4. The summed E-state index contributed by atoms with van der Waals surface area (Å²) >= 11 is 0. The van der Waals surface area contributed by atoms with Crippen LogP contribution in [0.2, 0.25) is 0 Å². The van der Waals surface area contributed by atoms with Crippen LogP contribution in [0, 0.1) is 10.1 Å². The molecular weight excluding hydrogens is 562 g/mol. The lowest BCUT2D eigenvalue weighted by atomic mass is 10.0. The van der Waals surface area contributed by atoms with E-state index in [1.807, 2.05) is 31.5 Å². The summed E-state index contributed by atoms with van der Waals surface area (Å²) in [6.07, 6.45) is 1.08. The van der Waals surface area contributed by atoms with E-state index in [0.717, 1.165) is 31.4 Å². The lowest BCUT2D eigenvalue weighted by Crippen LogP contribution is -2.25. The number of anilines is 2. The Kier molecular flexibility index (Phi) is 10.3. The number of halogens is 2. The average molecular weight is 601 g/mol. The number of hydrogen-bond acceptors (Lipinski definition) is 9. The first kappa shape index (κ1) is 31.8. The van der Waals surface area contributed by atoms with Gasteiger partial charge in [0.2, 0.25) is 0 Å². The Balaban J connectivity index is 1.45. The fourth-order valence-electron chi connectivity index (χ4n) is 5.11. The molecule has 1 fully saturated rings. The molecule has 2 aromatic heterocycles. The minimum absolute atomic E-state index is 0.00787. The van der Waals surface area contributed by atoms with Gasteiger partial charge in [0, 0.05) is 35.5 Å². The maximum atomic E-state index is 13.7. The van der Waals surface area contributed by atoms with Gasteiger partial charge in [-0.1, -0.05) is 6.42 Å². The quantitative estimate of drug-likeness (QED) is 0.0727. The van der Waals surface area contributed by atoms with E-state index in [0.29, 0.717) is 43.0 Å². The zero-order chi connectivity index (χ0) is 31.1. The van der Waals surface area contributed by atoms with Crippen LogP contribution in [0.25, 0.3) is 0 Å². The molecule has 0 radical (unpaired) electrons. The van der Waals surface area contributed by atoms with E-state index in [9.17, 15) is 23.7 Å². The number of nitro benzene ring substituents is 1. The molecule has 232 valence electrons. The number of benzene rings is 1. The van der Waals surface area contributed by atoms with Gasteiger partial charge in [0.15, 0.2) is 0 Å². The highest BCUT2D eigenvalue weighted by molar-refractivity contribution is 5.64. The summed E-state index contributed by atoms with van der Waals surface area (Å²) in [5, 5.41) is 19.0. The second-order valence-electron chi connectivity index (χ2n) is 11.7. The number of aromatic nitrogens is 3. The highest BCUT2D eigenvalue weighted by Crippen LogP contribution is 2.38. The number of carbonyl (C=O) groups is 1. The standard InChI is InChI=1S/C30H38F2N6O5/c1-30(2,3)37-27(35-21-16-20(7-5-4-6-14-33)34-26(17-21)28(31)32)18-25(36-37)19-8-11-24(15-19)43-29(39)42-23-12-9-22(10-13-23)38(40)41/h9-10,12-13,16-19,24,28H,4-8,11,14-15,33H2,1-3H3,(H,34,35)/t19-,24+/m0/s1. The van der Waals surface area contributed by atoms with Gasteiger partial charge in [0.05, 0.1) is 16.2 Å². The number of rotatable bonds is 12. The maximum Gasteiger partial charge on any atom is 0.514 e. The van der Waals surface area contributed by atoms with Crippen molar-refractivity contribution in [1.82, 2.24) is 14.8 Å². The van der Waals surface area contributed by atoms with E-state index in [-0.39, 0.29) is 29.2 Å². The summed E-state index contributed by atoms with van der Waals surface area (Å²) in [6, 6.07) is 10.2. The van der Waals surface area contributed by atoms with Gasteiger partial charge >= 0.3 is 6.16 Å². The largest absolute Gasteiger partial charge is 0.514 e. The first-order valence-electron chi connectivity index (χ1n) is 14.4.